The number of hydrogen-bond donors (Lipinski definition) is 0. The second-order valence-electron chi connectivity index (χ2n) is 12.0. The molecule has 5 heterocycles. The van der Waals surface area contributed by atoms with Crippen LogP contribution in [0.25, 0.3) is 0 Å². The molecule has 0 radical (unpaired) electrons. The molecule has 12 heteroatoms. The number of rotatable bonds is 7. The molecule has 0 amide bonds. The van der Waals surface area contributed by atoms with E-state index in [1.54, 1.807) is 11.3 Å². The Morgan fingerprint density at radius 2 is 1.18 bits per heavy atom. The van der Waals surface area contributed by atoms with Crippen molar-refractivity contribution in [2.45, 2.75) is 127 Å². The van der Waals surface area contributed by atoms with E-state index < -0.39 is 6.18 Å². The number of alkyl halides is 3. The maximum Gasteiger partial charge on any atom is 0.386 e. The van der Waals surface area contributed by atoms with Gasteiger partial charge in [0.05, 0.1) is 9.48 Å². The first-order valence-electron chi connectivity index (χ1n) is 18.9. The Bertz CT molecular complexity index is 1750. The summed E-state index contributed by atoms with van der Waals surface area (Å²) in [6, 6.07) is 24.8. The van der Waals surface area contributed by atoms with Gasteiger partial charge in [-0.1, -0.05) is 77.0 Å². The highest BCUT2D eigenvalue weighted by atomic mass is 79.9. The lowest BCUT2D eigenvalue weighted by Crippen LogP contribution is -1.95. The molecular weight excluding hydrogens is 836 g/mol. The quantitative estimate of drug-likeness (QED) is 0.159. The SMILES string of the molecule is CC(F)(F)F.CCCc1ccc(C)o1.CCc1cc(C)on1.CCc1ccc(C)o1.CCc1ccccc1.CCc1ccsc1Br.CCc1ccsc1C.O=C=O. The lowest BCUT2D eigenvalue weighted by molar-refractivity contribution is -0.191. The predicted molar refractivity (Wildman–Crippen MR) is 233 cm³/mol. The highest BCUT2D eigenvalue weighted by Gasteiger charge is 2.15. The number of benzene rings is 1. The van der Waals surface area contributed by atoms with Crippen molar-refractivity contribution in [1.29, 1.82) is 0 Å². The Labute approximate surface area is 355 Å². The van der Waals surface area contributed by atoms with Crippen molar-refractivity contribution in [2.24, 2.45) is 0 Å². The van der Waals surface area contributed by atoms with Gasteiger partial charge < -0.3 is 13.4 Å². The first-order chi connectivity index (χ1) is 27.0. The van der Waals surface area contributed by atoms with Crippen LogP contribution in [0.4, 0.5) is 13.2 Å². The van der Waals surface area contributed by atoms with E-state index >= 15 is 0 Å². The van der Waals surface area contributed by atoms with Crippen LogP contribution in [0.3, 0.4) is 0 Å². The summed E-state index contributed by atoms with van der Waals surface area (Å²) in [5, 5.41) is 8.01. The van der Waals surface area contributed by atoms with Gasteiger partial charge in [-0.25, -0.2) is 0 Å². The average molecular weight is 897 g/mol. The van der Waals surface area contributed by atoms with Gasteiger partial charge in [-0.3, -0.25) is 0 Å². The molecule has 0 aliphatic rings. The second kappa shape index (κ2) is 34.1. The molecule has 0 unspecified atom stereocenters. The van der Waals surface area contributed by atoms with E-state index in [2.05, 4.69) is 117 Å². The number of halogens is 4. The average Bonchev–Trinajstić information content (AvgIpc) is 4.04. The van der Waals surface area contributed by atoms with Crippen LogP contribution in [0, 0.1) is 27.7 Å². The number of thiophene rings is 2. The summed E-state index contributed by atoms with van der Waals surface area (Å²) in [6.45, 7) is 21.0. The highest BCUT2D eigenvalue weighted by molar-refractivity contribution is 9.11. The van der Waals surface area contributed by atoms with Crippen molar-refractivity contribution in [3.63, 3.8) is 0 Å². The zero-order valence-electron chi connectivity index (χ0n) is 35.3. The zero-order valence-corrected chi connectivity index (χ0v) is 38.6. The molecule has 0 atom stereocenters. The van der Waals surface area contributed by atoms with Crippen molar-refractivity contribution >= 4 is 44.8 Å². The zero-order chi connectivity index (χ0) is 43.6. The molecule has 6 rings (SSSR count). The monoisotopic (exact) mass is 895 g/mol. The van der Waals surface area contributed by atoms with Crippen LogP contribution < -0.4 is 0 Å². The van der Waals surface area contributed by atoms with E-state index in [-0.39, 0.29) is 13.1 Å². The minimum absolute atomic E-state index is 0.188. The minimum Gasteiger partial charge on any atom is -0.466 e. The van der Waals surface area contributed by atoms with E-state index in [1.807, 2.05) is 68.5 Å². The molecule has 0 spiro atoms. The third-order valence-electron chi connectivity index (χ3n) is 7.15. The predicted octanol–water partition coefficient (Wildman–Crippen LogP) is 15.2. The van der Waals surface area contributed by atoms with Crippen LogP contribution in [0.2, 0.25) is 0 Å². The molecule has 0 N–H and O–H groups in total. The number of aryl methyl sites for hydroxylation is 10. The van der Waals surface area contributed by atoms with Crippen molar-refractivity contribution < 1.29 is 36.1 Å². The van der Waals surface area contributed by atoms with Crippen LogP contribution >= 0.6 is 38.6 Å². The summed E-state index contributed by atoms with van der Waals surface area (Å²) in [5.41, 5.74) is 5.35. The van der Waals surface area contributed by atoms with E-state index in [0.29, 0.717) is 0 Å². The third kappa shape index (κ3) is 31.8. The van der Waals surface area contributed by atoms with Crippen molar-refractivity contribution in [3.05, 3.63) is 143 Å². The van der Waals surface area contributed by atoms with Crippen LogP contribution in [-0.2, 0) is 48.1 Å². The molecule has 0 fully saturated rings. The van der Waals surface area contributed by atoms with E-state index in [9.17, 15) is 13.2 Å². The Morgan fingerprint density at radius 1 is 0.667 bits per heavy atom. The number of furan rings is 2. The smallest absolute Gasteiger partial charge is 0.386 e. The van der Waals surface area contributed by atoms with Crippen molar-refractivity contribution in [3.8, 4) is 0 Å². The third-order valence-corrected chi connectivity index (χ3v) is 9.85. The molecule has 0 saturated carbocycles. The van der Waals surface area contributed by atoms with Gasteiger partial charge in [-0.05, 0) is 140 Å². The summed E-state index contributed by atoms with van der Waals surface area (Å²) < 4.78 is 47.7. The maximum absolute atomic E-state index is 10.4. The fourth-order valence-electron chi connectivity index (χ4n) is 4.19. The molecular formula is C45H61BrF3NO5S2. The number of nitrogens with zero attached hydrogens (tertiary/aromatic N) is 1. The highest BCUT2D eigenvalue weighted by Crippen LogP contribution is 2.23. The standard InChI is InChI=1S/C8H12O.C8H10.C7H10O.C7H10S.C6H7BrS.C6H9NO.C2H3F3.CO2/c1-3-4-8-6-5-7(2)9-8;1-2-8-6-4-3-5-7-8;1-3-7-5-4-6(2)8-7;1-3-7-4-5-8-6(7)2;1-2-5-3-4-8-6(5)7;1-3-6-4-5(2)8-7-6;1-2(3,4)5;2-1-3/h5-6H,3-4H2,1-2H3;3-7H,2H2,1H3;2*4-5H,3H2,1-2H3;3-4H,2H2,1H3;4H,3H2,1-2H3;1H3;. The van der Waals surface area contributed by atoms with Gasteiger partial charge in [0, 0.05) is 30.7 Å². The second-order valence-corrected chi connectivity index (χ2v) is 15.4. The Hall–Kier alpha value is -3.96. The molecule has 0 bridgehead atoms. The van der Waals surface area contributed by atoms with E-state index in [0.717, 1.165) is 73.0 Å². The molecule has 0 aliphatic heterocycles. The Kier molecular flexibility index (Phi) is 33.0. The Morgan fingerprint density at radius 3 is 1.42 bits per heavy atom. The molecule has 316 valence electrons. The molecule has 57 heavy (non-hydrogen) atoms. The minimum atomic E-state index is -4.00. The van der Waals surface area contributed by atoms with Crippen LogP contribution in [0.5, 0.6) is 0 Å². The van der Waals surface area contributed by atoms with Crippen LogP contribution in [0.15, 0.2) is 101 Å². The van der Waals surface area contributed by atoms with Gasteiger partial charge in [-0.2, -0.15) is 22.8 Å². The van der Waals surface area contributed by atoms with Gasteiger partial charge in [0.2, 0.25) is 0 Å². The van der Waals surface area contributed by atoms with Gasteiger partial charge in [0.15, 0.2) is 0 Å². The number of aromatic nitrogens is 1. The first kappa shape index (κ1) is 55.1. The fraction of sp³-hybridized carbons (Fsp3) is 0.422. The van der Waals surface area contributed by atoms with Crippen molar-refractivity contribution in [2.75, 3.05) is 0 Å². The summed E-state index contributed by atoms with van der Waals surface area (Å²) >= 11 is 7.02. The first-order valence-corrected chi connectivity index (χ1v) is 21.4. The largest absolute Gasteiger partial charge is 0.466 e. The molecule has 6 nitrogen and oxygen atoms in total. The van der Waals surface area contributed by atoms with E-state index in [1.165, 1.54) is 31.8 Å². The van der Waals surface area contributed by atoms with Gasteiger partial charge in [-0.15, -0.1) is 22.7 Å². The van der Waals surface area contributed by atoms with Gasteiger partial charge in [0.25, 0.3) is 0 Å². The molecule has 6 aromatic rings. The molecule has 0 aliphatic carbocycles. The number of hydrogen-bond acceptors (Lipinski definition) is 8. The number of carbonyl (C=O) groups excluding carboxylic acids is 2. The summed E-state index contributed by atoms with van der Waals surface area (Å²) in [6.07, 6.45) is 3.87. The topological polar surface area (TPSA) is 86.4 Å². The lowest BCUT2D eigenvalue weighted by atomic mass is 10.2. The van der Waals surface area contributed by atoms with Crippen LogP contribution in [0.1, 0.15) is 111 Å². The van der Waals surface area contributed by atoms with Crippen molar-refractivity contribution in [1.82, 2.24) is 5.16 Å². The van der Waals surface area contributed by atoms with Crippen LogP contribution in [-0.4, -0.2) is 17.5 Å². The Balaban J connectivity index is 0. The lowest BCUT2D eigenvalue weighted by Gasteiger charge is -1.89. The molecule has 0 saturated heterocycles. The van der Waals surface area contributed by atoms with E-state index in [4.69, 9.17) is 22.9 Å². The summed E-state index contributed by atoms with van der Waals surface area (Å²) in [7, 11) is 0. The normalized spacial score (nSPS) is 9.53. The summed E-state index contributed by atoms with van der Waals surface area (Å²) in [5.74, 6) is 5.08. The fourth-order valence-corrected chi connectivity index (χ4v) is 6.44. The summed E-state index contributed by atoms with van der Waals surface area (Å²) in [4.78, 5) is 17.7. The van der Waals surface area contributed by atoms with Gasteiger partial charge >= 0.3 is 12.3 Å². The maximum atomic E-state index is 10.4. The molecule has 5 aromatic heterocycles. The van der Waals surface area contributed by atoms with Gasteiger partial charge in [0.1, 0.15) is 28.8 Å². The molecule has 1 aromatic carbocycles.